The first-order valence-corrected chi connectivity index (χ1v) is 15.6. The molecule has 2 N–H and O–H groups in total. The molecule has 0 unspecified atom stereocenters. The van der Waals surface area contributed by atoms with Gasteiger partial charge in [-0.2, -0.15) is 0 Å². The van der Waals surface area contributed by atoms with Crippen LogP contribution in [0.3, 0.4) is 0 Å². The van der Waals surface area contributed by atoms with Crippen LogP contribution in [-0.4, -0.2) is 29.3 Å². The number of sulfonamides is 2. The molecule has 4 aromatic rings. The Morgan fingerprint density at radius 2 is 1.25 bits per heavy atom. The molecule has 0 fully saturated rings. The van der Waals surface area contributed by atoms with E-state index in [2.05, 4.69) is 10.0 Å². The molecule has 0 aromatic heterocycles. The summed E-state index contributed by atoms with van der Waals surface area (Å²) in [4.78, 5) is 13.0. The molecule has 0 radical (unpaired) electrons. The summed E-state index contributed by atoms with van der Waals surface area (Å²) in [5.41, 5.74) is 2.57. The van der Waals surface area contributed by atoms with Crippen LogP contribution in [0.15, 0.2) is 101 Å². The van der Waals surface area contributed by atoms with Crippen molar-refractivity contribution in [3.8, 4) is 0 Å². The Bertz CT molecular complexity index is 1740. The van der Waals surface area contributed by atoms with Gasteiger partial charge in [0.2, 0.25) is 5.91 Å². The number of hydrogen-bond donors (Lipinski definition) is 2. The normalized spacial score (nSPS) is 11.6. The van der Waals surface area contributed by atoms with Gasteiger partial charge in [0.05, 0.1) is 20.5 Å². The van der Waals surface area contributed by atoms with Crippen molar-refractivity contribution in [1.29, 1.82) is 0 Å². The van der Waals surface area contributed by atoms with E-state index >= 15 is 0 Å². The van der Waals surface area contributed by atoms with Gasteiger partial charge in [-0.3, -0.25) is 13.8 Å². The Kier molecular flexibility index (Phi) is 8.74. The van der Waals surface area contributed by atoms with E-state index in [1.54, 1.807) is 36.4 Å². The predicted molar refractivity (Wildman–Crippen MR) is 159 cm³/mol. The zero-order valence-electron chi connectivity index (χ0n) is 21.4. The fourth-order valence-corrected chi connectivity index (χ4v) is 6.62. The largest absolute Gasteiger partial charge is 0.325 e. The van der Waals surface area contributed by atoms with Crippen LogP contribution in [0.5, 0.6) is 0 Å². The van der Waals surface area contributed by atoms with E-state index < -0.39 is 32.5 Å². The number of benzene rings is 4. The number of carbonyl (C=O) groups is 1. The zero-order chi connectivity index (χ0) is 29.1. The van der Waals surface area contributed by atoms with Crippen LogP contribution >= 0.6 is 23.2 Å². The van der Waals surface area contributed by atoms with Crippen LogP contribution in [-0.2, 0) is 24.8 Å². The molecule has 0 spiro atoms. The van der Waals surface area contributed by atoms with Crippen LogP contribution in [0, 0.1) is 13.8 Å². The SMILES string of the molecule is Cc1ccc(NS(=O)(=O)c2ccc(NC(=O)CN(c3cc(Cl)ccc3Cl)S(=O)(=O)c3ccc(C)cc3)cc2)cc1. The fourth-order valence-electron chi connectivity index (χ4n) is 3.70. The summed E-state index contributed by atoms with van der Waals surface area (Å²) in [6.45, 7) is 3.10. The lowest BCUT2D eigenvalue weighted by Crippen LogP contribution is -2.38. The lowest BCUT2D eigenvalue weighted by Gasteiger charge is -2.25. The van der Waals surface area contributed by atoms with E-state index in [-0.39, 0.29) is 31.2 Å². The molecule has 40 heavy (non-hydrogen) atoms. The van der Waals surface area contributed by atoms with Crippen LogP contribution in [0.4, 0.5) is 17.1 Å². The molecular weight excluding hydrogens is 593 g/mol. The molecule has 0 aliphatic carbocycles. The summed E-state index contributed by atoms with van der Waals surface area (Å²) in [7, 11) is -8.08. The van der Waals surface area contributed by atoms with Crippen molar-refractivity contribution < 1.29 is 21.6 Å². The fraction of sp³-hybridized carbons (Fsp3) is 0.107. The maximum atomic E-state index is 13.6. The quantitative estimate of drug-likeness (QED) is 0.231. The summed E-state index contributed by atoms with van der Waals surface area (Å²) in [5, 5.41) is 2.93. The Hall–Kier alpha value is -3.57. The van der Waals surface area contributed by atoms with Gasteiger partial charge in [0.15, 0.2) is 0 Å². The van der Waals surface area contributed by atoms with Crippen molar-refractivity contribution in [1.82, 2.24) is 0 Å². The molecule has 208 valence electrons. The lowest BCUT2D eigenvalue weighted by molar-refractivity contribution is -0.114. The lowest BCUT2D eigenvalue weighted by atomic mass is 10.2. The van der Waals surface area contributed by atoms with E-state index in [1.165, 1.54) is 54.6 Å². The topological polar surface area (TPSA) is 113 Å². The van der Waals surface area contributed by atoms with Gasteiger partial charge < -0.3 is 5.32 Å². The van der Waals surface area contributed by atoms with E-state index in [1.807, 2.05) is 13.8 Å². The number of anilines is 3. The smallest absolute Gasteiger partial charge is 0.264 e. The van der Waals surface area contributed by atoms with E-state index in [0.29, 0.717) is 5.69 Å². The molecular formula is C28H25Cl2N3O5S2. The standard InChI is InChI=1S/C28H25Cl2N3O5S2/c1-19-3-8-23(9-4-19)32-39(35,36)24-14-10-22(11-15-24)31-28(34)18-33(27-17-21(29)7-16-26(27)30)40(37,38)25-12-5-20(2)6-13-25/h3-17,32H,18H2,1-2H3,(H,31,34). The highest BCUT2D eigenvalue weighted by molar-refractivity contribution is 7.93. The van der Waals surface area contributed by atoms with Gasteiger partial charge in [0.1, 0.15) is 6.54 Å². The Morgan fingerprint density at radius 1 is 0.725 bits per heavy atom. The van der Waals surface area contributed by atoms with Crippen LogP contribution in [0.1, 0.15) is 11.1 Å². The minimum atomic E-state index is -4.21. The number of hydrogen-bond acceptors (Lipinski definition) is 5. The Balaban J connectivity index is 1.55. The number of rotatable bonds is 9. The summed E-state index contributed by atoms with van der Waals surface area (Å²) in [6.07, 6.45) is 0. The van der Waals surface area contributed by atoms with Gasteiger partial charge >= 0.3 is 0 Å². The van der Waals surface area contributed by atoms with Gasteiger partial charge in [-0.15, -0.1) is 0 Å². The number of aryl methyl sites for hydroxylation is 2. The second kappa shape index (κ2) is 11.9. The van der Waals surface area contributed by atoms with Crippen molar-refractivity contribution >= 4 is 66.2 Å². The monoisotopic (exact) mass is 617 g/mol. The summed E-state index contributed by atoms with van der Waals surface area (Å²) < 4.78 is 56.1. The van der Waals surface area contributed by atoms with Crippen molar-refractivity contribution in [2.75, 3.05) is 20.9 Å². The highest BCUT2D eigenvalue weighted by Crippen LogP contribution is 2.33. The summed E-state index contributed by atoms with van der Waals surface area (Å²) in [6, 6.07) is 22.9. The molecule has 0 aliphatic rings. The molecule has 0 bridgehead atoms. The van der Waals surface area contributed by atoms with Gasteiger partial charge in [-0.05, 0) is 80.6 Å². The third-order valence-electron chi connectivity index (χ3n) is 5.83. The molecule has 12 heteroatoms. The first kappa shape index (κ1) is 29.4. The molecule has 4 aromatic carbocycles. The van der Waals surface area contributed by atoms with Crippen molar-refractivity contribution in [3.05, 3.63) is 112 Å². The molecule has 1 amide bonds. The maximum absolute atomic E-state index is 13.6. The number of carbonyl (C=O) groups excluding carboxylic acids is 1. The Morgan fingerprint density at radius 3 is 1.85 bits per heavy atom. The molecule has 4 rings (SSSR count). The van der Waals surface area contributed by atoms with Crippen LogP contribution in [0.25, 0.3) is 0 Å². The summed E-state index contributed by atoms with van der Waals surface area (Å²) >= 11 is 12.4. The number of nitrogens with zero attached hydrogens (tertiary/aromatic N) is 1. The highest BCUT2D eigenvalue weighted by atomic mass is 35.5. The number of nitrogens with one attached hydrogen (secondary N) is 2. The van der Waals surface area contributed by atoms with Gasteiger partial charge in [-0.25, -0.2) is 16.8 Å². The minimum Gasteiger partial charge on any atom is -0.325 e. The van der Waals surface area contributed by atoms with Crippen LogP contribution in [0.2, 0.25) is 10.0 Å². The van der Waals surface area contributed by atoms with Crippen LogP contribution < -0.4 is 14.3 Å². The highest BCUT2D eigenvalue weighted by Gasteiger charge is 2.29. The van der Waals surface area contributed by atoms with E-state index in [4.69, 9.17) is 23.2 Å². The van der Waals surface area contributed by atoms with Gasteiger partial charge in [-0.1, -0.05) is 58.6 Å². The first-order chi connectivity index (χ1) is 18.8. The van der Waals surface area contributed by atoms with Gasteiger partial charge in [0, 0.05) is 16.4 Å². The molecule has 0 atom stereocenters. The maximum Gasteiger partial charge on any atom is 0.264 e. The average Bonchev–Trinajstić information content (AvgIpc) is 2.90. The second-order valence-electron chi connectivity index (χ2n) is 8.96. The molecule has 0 heterocycles. The third kappa shape index (κ3) is 6.95. The molecule has 0 aliphatic heterocycles. The van der Waals surface area contributed by atoms with Crippen molar-refractivity contribution in [2.45, 2.75) is 23.6 Å². The average molecular weight is 619 g/mol. The van der Waals surface area contributed by atoms with Gasteiger partial charge in [0.25, 0.3) is 20.0 Å². The Labute approximate surface area is 243 Å². The molecule has 0 saturated carbocycles. The molecule has 8 nitrogen and oxygen atoms in total. The van der Waals surface area contributed by atoms with Crippen molar-refractivity contribution in [3.63, 3.8) is 0 Å². The first-order valence-electron chi connectivity index (χ1n) is 11.9. The van der Waals surface area contributed by atoms with E-state index in [0.717, 1.165) is 15.4 Å². The minimum absolute atomic E-state index is 0.0136. The predicted octanol–water partition coefficient (Wildman–Crippen LogP) is 6.25. The summed E-state index contributed by atoms with van der Waals surface area (Å²) in [5.74, 6) is -0.680. The number of halogens is 2. The second-order valence-corrected chi connectivity index (χ2v) is 13.4. The van der Waals surface area contributed by atoms with Crippen molar-refractivity contribution in [2.24, 2.45) is 0 Å². The molecule has 0 saturated heterocycles. The number of amides is 1. The zero-order valence-corrected chi connectivity index (χ0v) is 24.6. The third-order valence-corrected chi connectivity index (χ3v) is 9.55. The van der Waals surface area contributed by atoms with E-state index in [9.17, 15) is 21.6 Å².